The van der Waals surface area contributed by atoms with Crippen molar-refractivity contribution in [3.8, 4) is 0 Å². The maximum absolute atomic E-state index is 10.0. The first kappa shape index (κ1) is 12.2. The van der Waals surface area contributed by atoms with E-state index in [-0.39, 0.29) is 6.10 Å². The molecule has 0 saturated heterocycles. The summed E-state index contributed by atoms with van der Waals surface area (Å²) >= 11 is 0. The average Bonchev–Trinajstić information content (AvgIpc) is 2.18. The van der Waals surface area contributed by atoms with Gasteiger partial charge in [0.25, 0.3) is 0 Å². The summed E-state index contributed by atoms with van der Waals surface area (Å²) in [5, 5.41) is 10.0. The number of likely N-dealkylation sites (N-methyl/N-ethyl adjacent to an activating group) is 1. The highest BCUT2D eigenvalue weighted by molar-refractivity contribution is 5.24. The lowest BCUT2D eigenvalue weighted by Gasteiger charge is -2.20. The third-order valence-electron chi connectivity index (χ3n) is 2.52. The first-order chi connectivity index (χ1) is 7.13. The van der Waals surface area contributed by atoms with Crippen LogP contribution in [0.4, 0.5) is 0 Å². The second-order valence-electron chi connectivity index (χ2n) is 4.19. The Morgan fingerprint density at radius 2 is 2.13 bits per heavy atom. The van der Waals surface area contributed by atoms with Crippen molar-refractivity contribution in [2.75, 3.05) is 20.1 Å². The molecule has 0 bridgehead atoms. The number of nitrogens with zero attached hydrogens (tertiary/aromatic N) is 1. The fourth-order valence-corrected chi connectivity index (χ4v) is 1.75. The van der Waals surface area contributed by atoms with Gasteiger partial charge in [0.15, 0.2) is 0 Å². The van der Waals surface area contributed by atoms with E-state index in [0.29, 0.717) is 6.54 Å². The van der Waals surface area contributed by atoms with Crippen molar-refractivity contribution in [3.63, 3.8) is 0 Å². The monoisotopic (exact) mass is 207 g/mol. The number of hydrogen-bond donors (Lipinski definition) is 1. The Balaban J connectivity index is 2.56. The highest BCUT2D eigenvalue weighted by Crippen LogP contribution is 2.15. The summed E-state index contributed by atoms with van der Waals surface area (Å²) in [6.45, 7) is 5.93. The Morgan fingerprint density at radius 1 is 1.40 bits per heavy atom. The first-order valence-corrected chi connectivity index (χ1v) is 5.56. The Hall–Kier alpha value is -0.860. The van der Waals surface area contributed by atoms with Crippen LogP contribution in [0.2, 0.25) is 0 Å². The third kappa shape index (κ3) is 4.02. The normalized spacial score (nSPS) is 13.1. The lowest BCUT2D eigenvalue weighted by molar-refractivity contribution is 0.127. The van der Waals surface area contributed by atoms with Gasteiger partial charge in [-0.15, -0.1) is 0 Å². The number of aliphatic hydroxyl groups is 1. The summed E-state index contributed by atoms with van der Waals surface area (Å²) in [6.07, 6.45) is 0.748. The van der Waals surface area contributed by atoms with E-state index in [9.17, 15) is 5.11 Å². The van der Waals surface area contributed by atoms with Crippen molar-refractivity contribution in [1.82, 2.24) is 4.90 Å². The zero-order valence-corrected chi connectivity index (χ0v) is 9.90. The molecule has 0 heterocycles. The summed E-state index contributed by atoms with van der Waals surface area (Å²) in [5.41, 5.74) is 2.21. The van der Waals surface area contributed by atoms with Gasteiger partial charge in [0.2, 0.25) is 0 Å². The summed E-state index contributed by atoms with van der Waals surface area (Å²) < 4.78 is 0. The summed E-state index contributed by atoms with van der Waals surface area (Å²) in [7, 11) is 2.04. The molecule has 2 nitrogen and oxygen atoms in total. The molecule has 0 aliphatic rings. The molecule has 1 N–H and O–H groups in total. The van der Waals surface area contributed by atoms with E-state index < -0.39 is 0 Å². The molecule has 2 heteroatoms. The average molecular weight is 207 g/mol. The van der Waals surface area contributed by atoms with E-state index >= 15 is 0 Å². The van der Waals surface area contributed by atoms with Crippen LogP contribution in [0, 0.1) is 6.92 Å². The SMILES string of the molecule is CCCN(C)CC(O)c1cccc(C)c1. The van der Waals surface area contributed by atoms with Crippen LogP contribution in [-0.4, -0.2) is 30.1 Å². The Kier molecular flexibility index (Phi) is 4.79. The minimum atomic E-state index is -0.374. The molecule has 0 fully saturated rings. The molecule has 0 saturated carbocycles. The highest BCUT2D eigenvalue weighted by atomic mass is 16.3. The lowest BCUT2D eigenvalue weighted by Crippen LogP contribution is -2.25. The molecular formula is C13H21NO. The van der Waals surface area contributed by atoms with E-state index in [2.05, 4.69) is 11.8 Å². The molecule has 84 valence electrons. The van der Waals surface area contributed by atoms with Crippen LogP contribution in [0.5, 0.6) is 0 Å². The lowest BCUT2D eigenvalue weighted by atomic mass is 10.1. The molecule has 1 rings (SSSR count). The van der Waals surface area contributed by atoms with Crippen molar-refractivity contribution >= 4 is 0 Å². The largest absolute Gasteiger partial charge is 0.387 e. The van der Waals surface area contributed by atoms with E-state index in [0.717, 1.165) is 18.5 Å². The van der Waals surface area contributed by atoms with Gasteiger partial charge in [-0.2, -0.15) is 0 Å². The number of aliphatic hydroxyl groups excluding tert-OH is 1. The zero-order valence-electron chi connectivity index (χ0n) is 9.90. The van der Waals surface area contributed by atoms with Crippen LogP contribution in [0.3, 0.4) is 0 Å². The highest BCUT2D eigenvalue weighted by Gasteiger charge is 2.09. The molecule has 15 heavy (non-hydrogen) atoms. The van der Waals surface area contributed by atoms with E-state index in [1.165, 1.54) is 5.56 Å². The topological polar surface area (TPSA) is 23.5 Å². The predicted molar refractivity (Wildman–Crippen MR) is 63.9 cm³/mol. The standard InChI is InChI=1S/C13H21NO/c1-4-8-14(3)10-13(15)12-7-5-6-11(2)9-12/h5-7,9,13,15H,4,8,10H2,1-3H3. The zero-order chi connectivity index (χ0) is 11.3. The molecular weight excluding hydrogens is 186 g/mol. The molecule has 1 aromatic rings. The Bertz CT molecular complexity index is 298. The van der Waals surface area contributed by atoms with Gasteiger partial charge >= 0.3 is 0 Å². The predicted octanol–water partition coefficient (Wildman–Crippen LogP) is 2.37. The van der Waals surface area contributed by atoms with Crippen LogP contribution in [0.1, 0.15) is 30.6 Å². The molecule has 1 unspecified atom stereocenters. The molecule has 0 aliphatic carbocycles. The molecule has 0 aliphatic heterocycles. The summed E-state index contributed by atoms with van der Waals surface area (Å²) in [4.78, 5) is 2.16. The minimum absolute atomic E-state index is 0.374. The van der Waals surface area contributed by atoms with Crippen LogP contribution >= 0.6 is 0 Å². The molecule has 0 amide bonds. The van der Waals surface area contributed by atoms with Gasteiger partial charge in [0, 0.05) is 6.54 Å². The second kappa shape index (κ2) is 5.89. The molecule has 1 aromatic carbocycles. The van der Waals surface area contributed by atoms with E-state index in [1.54, 1.807) is 0 Å². The van der Waals surface area contributed by atoms with Crippen molar-refractivity contribution in [3.05, 3.63) is 35.4 Å². The third-order valence-corrected chi connectivity index (χ3v) is 2.52. The first-order valence-electron chi connectivity index (χ1n) is 5.56. The maximum Gasteiger partial charge on any atom is 0.0916 e. The Labute approximate surface area is 92.5 Å². The maximum atomic E-state index is 10.0. The van der Waals surface area contributed by atoms with Gasteiger partial charge < -0.3 is 10.0 Å². The molecule has 1 atom stereocenters. The van der Waals surface area contributed by atoms with Crippen molar-refractivity contribution in [2.24, 2.45) is 0 Å². The minimum Gasteiger partial charge on any atom is -0.387 e. The van der Waals surface area contributed by atoms with Gasteiger partial charge in [-0.05, 0) is 32.5 Å². The Morgan fingerprint density at radius 3 is 2.73 bits per heavy atom. The van der Waals surface area contributed by atoms with Crippen LogP contribution in [0.15, 0.2) is 24.3 Å². The fraction of sp³-hybridized carbons (Fsp3) is 0.538. The number of benzene rings is 1. The van der Waals surface area contributed by atoms with Gasteiger partial charge in [-0.3, -0.25) is 0 Å². The fourth-order valence-electron chi connectivity index (χ4n) is 1.75. The molecule has 0 aromatic heterocycles. The van der Waals surface area contributed by atoms with E-state index in [4.69, 9.17) is 0 Å². The molecule has 0 spiro atoms. The smallest absolute Gasteiger partial charge is 0.0916 e. The van der Waals surface area contributed by atoms with Crippen LogP contribution in [0.25, 0.3) is 0 Å². The van der Waals surface area contributed by atoms with Crippen LogP contribution in [-0.2, 0) is 0 Å². The van der Waals surface area contributed by atoms with Gasteiger partial charge in [-0.25, -0.2) is 0 Å². The van der Waals surface area contributed by atoms with Crippen molar-refractivity contribution in [1.29, 1.82) is 0 Å². The summed E-state index contributed by atoms with van der Waals surface area (Å²) in [5.74, 6) is 0. The van der Waals surface area contributed by atoms with Gasteiger partial charge in [0.05, 0.1) is 6.10 Å². The number of hydrogen-bond acceptors (Lipinski definition) is 2. The number of aryl methyl sites for hydroxylation is 1. The van der Waals surface area contributed by atoms with Crippen molar-refractivity contribution < 1.29 is 5.11 Å². The van der Waals surface area contributed by atoms with Gasteiger partial charge in [-0.1, -0.05) is 36.8 Å². The number of rotatable bonds is 5. The second-order valence-corrected chi connectivity index (χ2v) is 4.19. The van der Waals surface area contributed by atoms with Crippen LogP contribution < -0.4 is 0 Å². The summed E-state index contributed by atoms with van der Waals surface area (Å²) in [6, 6.07) is 8.07. The van der Waals surface area contributed by atoms with E-state index in [1.807, 2.05) is 38.2 Å². The quantitative estimate of drug-likeness (QED) is 0.801. The molecule has 0 radical (unpaired) electrons. The van der Waals surface area contributed by atoms with Gasteiger partial charge in [0.1, 0.15) is 0 Å². The van der Waals surface area contributed by atoms with Crippen molar-refractivity contribution in [2.45, 2.75) is 26.4 Å².